The molecule has 0 saturated heterocycles. The van der Waals surface area contributed by atoms with Crippen molar-refractivity contribution in [1.29, 1.82) is 0 Å². The lowest BCUT2D eigenvalue weighted by Crippen LogP contribution is -2.24. The highest BCUT2D eigenvalue weighted by Crippen LogP contribution is 2.20. The molecule has 13 heavy (non-hydrogen) atoms. The number of carbonyl (C=O) groups is 1. The first-order valence-electron chi connectivity index (χ1n) is 4.34. The van der Waals surface area contributed by atoms with Crippen LogP contribution in [0.3, 0.4) is 0 Å². The van der Waals surface area contributed by atoms with Gasteiger partial charge in [0.1, 0.15) is 0 Å². The molecule has 0 aliphatic carbocycles. The first kappa shape index (κ1) is 12.2. The molecule has 2 N–H and O–H groups in total. The minimum Gasteiger partial charge on any atom is -0.481 e. The van der Waals surface area contributed by atoms with E-state index in [0.29, 0.717) is 0 Å². The van der Waals surface area contributed by atoms with E-state index in [1.807, 2.05) is 20.8 Å². The van der Waals surface area contributed by atoms with Crippen molar-refractivity contribution in [3.05, 3.63) is 12.2 Å². The number of aliphatic hydroxyl groups excluding tert-OH is 1. The maximum Gasteiger partial charge on any atom is 0.310 e. The lowest BCUT2D eigenvalue weighted by molar-refractivity contribution is -0.139. The van der Waals surface area contributed by atoms with E-state index in [4.69, 9.17) is 5.11 Å². The standard InChI is InChI=1S/C10H18O3/c1-7(9(12)13)5-6-8(11)10(2,3)4/h5-8,11H,1-4H3,(H,12,13)/b6-5+. The summed E-state index contributed by atoms with van der Waals surface area (Å²) in [5.41, 5.74) is -0.241. The zero-order valence-corrected chi connectivity index (χ0v) is 8.61. The molecule has 2 atom stereocenters. The Bertz CT molecular complexity index is 201. The molecule has 0 aromatic carbocycles. The van der Waals surface area contributed by atoms with E-state index in [-0.39, 0.29) is 5.41 Å². The molecule has 0 saturated carbocycles. The summed E-state index contributed by atoms with van der Waals surface area (Å²) in [6.45, 7) is 7.27. The van der Waals surface area contributed by atoms with Crippen LogP contribution in [0.5, 0.6) is 0 Å². The second-order valence-corrected chi connectivity index (χ2v) is 4.32. The van der Waals surface area contributed by atoms with Gasteiger partial charge in [0.25, 0.3) is 0 Å². The molecule has 0 aliphatic rings. The van der Waals surface area contributed by atoms with Gasteiger partial charge in [-0.05, 0) is 12.3 Å². The topological polar surface area (TPSA) is 57.5 Å². The molecule has 0 spiro atoms. The van der Waals surface area contributed by atoms with E-state index in [2.05, 4.69) is 0 Å². The average Bonchev–Trinajstić information content (AvgIpc) is 1.97. The second kappa shape index (κ2) is 4.42. The summed E-state index contributed by atoms with van der Waals surface area (Å²) < 4.78 is 0. The first-order valence-corrected chi connectivity index (χ1v) is 4.34. The Morgan fingerprint density at radius 3 is 2.08 bits per heavy atom. The summed E-state index contributed by atoms with van der Waals surface area (Å²) in [6.07, 6.45) is 2.45. The number of hydrogen-bond acceptors (Lipinski definition) is 2. The molecular formula is C10H18O3. The van der Waals surface area contributed by atoms with Crippen LogP contribution in [0.15, 0.2) is 12.2 Å². The normalized spacial score (nSPS) is 17.3. The van der Waals surface area contributed by atoms with Crippen molar-refractivity contribution in [3.63, 3.8) is 0 Å². The van der Waals surface area contributed by atoms with E-state index in [1.165, 1.54) is 6.08 Å². The van der Waals surface area contributed by atoms with Crippen LogP contribution in [-0.2, 0) is 4.79 Å². The fraction of sp³-hybridized carbons (Fsp3) is 0.700. The third-order valence-electron chi connectivity index (χ3n) is 1.86. The Balaban J connectivity index is 4.20. The minimum atomic E-state index is -0.877. The van der Waals surface area contributed by atoms with Gasteiger partial charge in [-0.25, -0.2) is 0 Å². The highest BCUT2D eigenvalue weighted by molar-refractivity contribution is 5.71. The maximum atomic E-state index is 10.4. The molecule has 0 aromatic rings. The summed E-state index contributed by atoms with van der Waals surface area (Å²) in [6, 6.07) is 0. The SMILES string of the molecule is CC(/C=C/C(O)C(C)(C)C)C(=O)O. The lowest BCUT2D eigenvalue weighted by Gasteiger charge is -2.22. The number of carboxylic acids is 1. The predicted molar refractivity (Wildman–Crippen MR) is 51.4 cm³/mol. The zero-order chi connectivity index (χ0) is 10.6. The molecule has 3 nitrogen and oxygen atoms in total. The summed E-state index contributed by atoms with van der Waals surface area (Å²) in [5, 5.41) is 18.1. The fourth-order valence-electron chi connectivity index (χ4n) is 0.643. The van der Waals surface area contributed by atoms with Crippen molar-refractivity contribution in [3.8, 4) is 0 Å². The summed E-state index contributed by atoms with van der Waals surface area (Å²) in [4.78, 5) is 10.4. The van der Waals surface area contributed by atoms with E-state index in [9.17, 15) is 9.90 Å². The van der Waals surface area contributed by atoms with Gasteiger partial charge in [0, 0.05) is 0 Å². The second-order valence-electron chi connectivity index (χ2n) is 4.32. The molecular weight excluding hydrogens is 168 g/mol. The summed E-state index contributed by atoms with van der Waals surface area (Å²) >= 11 is 0. The molecule has 0 heterocycles. The largest absolute Gasteiger partial charge is 0.481 e. The van der Waals surface area contributed by atoms with E-state index < -0.39 is 18.0 Å². The lowest BCUT2D eigenvalue weighted by atomic mass is 9.88. The van der Waals surface area contributed by atoms with Gasteiger partial charge in [-0.2, -0.15) is 0 Å². The molecule has 0 aromatic heterocycles. The number of aliphatic hydroxyl groups is 1. The molecule has 76 valence electrons. The minimum absolute atomic E-state index is 0.241. The summed E-state index contributed by atoms with van der Waals surface area (Å²) in [7, 11) is 0. The van der Waals surface area contributed by atoms with Gasteiger partial charge in [0.15, 0.2) is 0 Å². The number of hydrogen-bond donors (Lipinski definition) is 2. The molecule has 0 amide bonds. The first-order chi connectivity index (χ1) is 5.75. The van der Waals surface area contributed by atoms with Gasteiger partial charge in [0.05, 0.1) is 12.0 Å². The van der Waals surface area contributed by atoms with Crippen LogP contribution < -0.4 is 0 Å². The smallest absolute Gasteiger partial charge is 0.310 e. The molecule has 0 bridgehead atoms. The van der Waals surface area contributed by atoms with Gasteiger partial charge in [-0.15, -0.1) is 0 Å². The van der Waals surface area contributed by atoms with Crippen LogP contribution in [0.4, 0.5) is 0 Å². The van der Waals surface area contributed by atoms with Gasteiger partial charge < -0.3 is 10.2 Å². The van der Waals surface area contributed by atoms with Crippen molar-refractivity contribution >= 4 is 5.97 Å². The summed E-state index contributed by atoms with van der Waals surface area (Å²) in [5.74, 6) is -1.42. The molecule has 2 unspecified atom stereocenters. The quantitative estimate of drug-likeness (QED) is 0.659. The highest BCUT2D eigenvalue weighted by atomic mass is 16.4. The van der Waals surface area contributed by atoms with Crippen LogP contribution in [-0.4, -0.2) is 22.3 Å². The van der Waals surface area contributed by atoms with Crippen molar-refractivity contribution in [2.24, 2.45) is 11.3 Å². The molecule has 0 aliphatic heterocycles. The highest BCUT2D eigenvalue weighted by Gasteiger charge is 2.19. The Morgan fingerprint density at radius 1 is 1.31 bits per heavy atom. The van der Waals surface area contributed by atoms with Crippen LogP contribution in [0.25, 0.3) is 0 Å². The molecule has 0 rings (SSSR count). The number of aliphatic carboxylic acids is 1. The Kier molecular flexibility index (Phi) is 4.14. The van der Waals surface area contributed by atoms with Gasteiger partial charge in [-0.1, -0.05) is 32.9 Å². The Morgan fingerprint density at radius 2 is 1.77 bits per heavy atom. The third-order valence-corrected chi connectivity index (χ3v) is 1.86. The van der Waals surface area contributed by atoms with Crippen molar-refractivity contribution < 1.29 is 15.0 Å². The Hall–Kier alpha value is -0.830. The van der Waals surface area contributed by atoms with Crippen LogP contribution in [0.1, 0.15) is 27.7 Å². The third kappa shape index (κ3) is 4.68. The molecule has 3 heteroatoms. The fourth-order valence-corrected chi connectivity index (χ4v) is 0.643. The monoisotopic (exact) mass is 186 g/mol. The van der Waals surface area contributed by atoms with E-state index in [0.717, 1.165) is 0 Å². The maximum absolute atomic E-state index is 10.4. The molecule has 0 radical (unpaired) electrons. The van der Waals surface area contributed by atoms with Crippen LogP contribution >= 0.6 is 0 Å². The van der Waals surface area contributed by atoms with Crippen molar-refractivity contribution in [2.75, 3.05) is 0 Å². The van der Waals surface area contributed by atoms with Gasteiger partial charge in [-0.3, -0.25) is 4.79 Å². The van der Waals surface area contributed by atoms with Gasteiger partial charge in [0.2, 0.25) is 0 Å². The van der Waals surface area contributed by atoms with Crippen molar-refractivity contribution in [2.45, 2.75) is 33.8 Å². The average molecular weight is 186 g/mol. The molecule has 0 fully saturated rings. The van der Waals surface area contributed by atoms with E-state index >= 15 is 0 Å². The van der Waals surface area contributed by atoms with Gasteiger partial charge >= 0.3 is 5.97 Å². The Labute approximate surface area is 79.1 Å². The number of rotatable bonds is 3. The van der Waals surface area contributed by atoms with Crippen LogP contribution in [0.2, 0.25) is 0 Å². The van der Waals surface area contributed by atoms with Crippen molar-refractivity contribution in [1.82, 2.24) is 0 Å². The van der Waals surface area contributed by atoms with Crippen LogP contribution in [0, 0.1) is 11.3 Å². The number of carboxylic acid groups (broad SMARTS) is 1. The zero-order valence-electron chi connectivity index (χ0n) is 8.61. The predicted octanol–water partition coefficient (Wildman–Crippen LogP) is 1.67. The van der Waals surface area contributed by atoms with E-state index in [1.54, 1.807) is 13.0 Å².